The van der Waals surface area contributed by atoms with E-state index in [2.05, 4.69) is 10.2 Å². The zero-order valence-corrected chi connectivity index (χ0v) is 18.7. The van der Waals surface area contributed by atoms with Crippen molar-refractivity contribution in [3.8, 4) is 11.3 Å². The van der Waals surface area contributed by atoms with E-state index in [9.17, 15) is 9.59 Å². The number of halogens is 2. The second-order valence-electron chi connectivity index (χ2n) is 7.07. The predicted octanol–water partition coefficient (Wildman–Crippen LogP) is 5.13. The van der Waals surface area contributed by atoms with E-state index in [4.69, 9.17) is 37.1 Å². The molecule has 1 saturated heterocycles. The van der Waals surface area contributed by atoms with Crippen LogP contribution >= 0.6 is 23.2 Å². The number of hydrogen-bond donors (Lipinski definition) is 1. The summed E-state index contributed by atoms with van der Waals surface area (Å²) in [5, 5.41) is 3.71. The minimum Gasteiger partial charge on any atom is -0.465 e. The number of nitrogens with one attached hydrogen (secondary N) is 1. The molecule has 1 aliphatic heterocycles. The van der Waals surface area contributed by atoms with E-state index in [0.717, 1.165) is 5.69 Å². The minimum absolute atomic E-state index is 0.0907. The van der Waals surface area contributed by atoms with Gasteiger partial charge in [0.1, 0.15) is 5.76 Å². The molecule has 1 N–H and O–H groups in total. The molecule has 2 heterocycles. The summed E-state index contributed by atoms with van der Waals surface area (Å²) in [6.45, 7) is 2.49. The summed E-state index contributed by atoms with van der Waals surface area (Å²) >= 11 is 12.3. The highest BCUT2D eigenvalue weighted by Gasteiger charge is 2.21. The van der Waals surface area contributed by atoms with Crippen molar-refractivity contribution in [1.82, 2.24) is 0 Å². The topological polar surface area (TPSA) is 81.0 Å². The van der Waals surface area contributed by atoms with E-state index in [-0.39, 0.29) is 5.76 Å². The molecule has 4 rings (SSSR count). The van der Waals surface area contributed by atoms with Crippen molar-refractivity contribution in [3.05, 3.63) is 69.9 Å². The monoisotopic (exact) mass is 474 g/mol. The molecule has 166 valence electrons. The van der Waals surface area contributed by atoms with Crippen molar-refractivity contribution in [2.75, 3.05) is 43.6 Å². The van der Waals surface area contributed by atoms with Gasteiger partial charge in [0.05, 0.1) is 36.6 Å². The molecule has 1 aromatic heterocycles. The maximum absolute atomic E-state index is 12.7. The number of furan rings is 1. The average molecular weight is 475 g/mol. The van der Waals surface area contributed by atoms with Gasteiger partial charge in [-0.1, -0.05) is 23.2 Å². The SMILES string of the molecule is COC(=O)c1cc(NC(=O)c2ccc(-c3cc(Cl)ccc3Cl)o2)ccc1N1CCOCC1. The van der Waals surface area contributed by atoms with Gasteiger partial charge in [0.2, 0.25) is 0 Å². The van der Waals surface area contributed by atoms with Crippen LogP contribution < -0.4 is 10.2 Å². The number of esters is 1. The fourth-order valence-corrected chi connectivity index (χ4v) is 3.83. The molecule has 2 aromatic carbocycles. The number of carbonyl (C=O) groups is 2. The molecule has 0 saturated carbocycles. The first kappa shape index (κ1) is 22.2. The number of anilines is 2. The van der Waals surface area contributed by atoms with Crippen LogP contribution in [-0.4, -0.2) is 45.3 Å². The highest BCUT2D eigenvalue weighted by Crippen LogP contribution is 2.32. The van der Waals surface area contributed by atoms with Gasteiger partial charge in [-0.3, -0.25) is 4.79 Å². The first-order valence-electron chi connectivity index (χ1n) is 9.88. The Labute approximate surface area is 194 Å². The lowest BCUT2D eigenvalue weighted by Crippen LogP contribution is -2.37. The Kier molecular flexibility index (Phi) is 6.69. The van der Waals surface area contributed by atoms with Crippen LogP contribution in [0.1, 0.15) is 20.9 Å². The molecule has 3 aromatic rings. The number of ether oxygens (including phenoxy) is 2. The van der Waals surface area contributed by atoms with E-state index in [1.807, 2.05) is 0 Å². The third-order valence-electron chi connectivity index (χ3n) is 5.04. The van der Waals surface area contributed by atoms with E-state index in [0.29, 0.717) is 58.9 Å². The van der Waals surface area contributed by atoms with Gasteiger partial charge >= 0.3 is 5.97 Å². The number of rotatable bonds is 5. The molecule has 0 unspecified atom stereocenters. The highest BCUT2D eigenvalue weighted by atomic mass is 35.5. The predicted molar refractivity (Wildman–Crippen MR) is 123 cm³/mol. The van der Waals surface area contributed by atoms with Gasteiger partial charge in [0.15, 0.2) is 5.76 Å². The fourth-order valence-electron chi connectivity index (χ4n) is 3.45. The van der Waals surface area contributed by atoms with Gasteiger partial charge < -0.3 is 24.1 Å². The Balaban J connectivity index is 1.56. The van der Waals surface area contributed by atoms with Crippen LogP contribution in [0.3, 0.4) is 0 Å². The summed E-state index contributed by atoms with van der Waals surface area (Å²) in [6, 6.07) is 13.3. The number of hydrogen-bond acceptors (Lipinski definition) is 6. The smallest absolute Gasteiger partial charge is 0.340 e. The van der Waals surface area contributed by atoms with Crippen LogP contribution in [0, 0.1) is 0 Å². The summed E-state index contributed by atoms with van der Waals surface area (Å²) in [6.07, 6.45) is 0. The molecule has 7 nitrogen and oxygen atoms in total. The highest BCUT2D eigenvalue weighted by molar-refractivity contribution is 6.35. The quantitative estimate of drug-likeness (QED) is 0.516. The fraction of sp³-hybridized carbons (Fsp3) is 0.217. The first-order chi connectivity index (χ1) is 15.5. The average Bonchev–Trinajstić information content (AvgIpc) is 3.31. The Morgan fingerprint density at radius 3 is 2.56 bits per heavy atom. The van der Waals surface area contributed by atoms with Crippen LogP contribution in [0.5, 0.6) is 0 Å². The lowest BCUT2D eigenvalue weighted by Gasteiger charge is -2.30. The zero-order chi connectivity index (χ0) is 22.7. The summed E-state index contributed by atoms with van der Waals surface area (Å²) in [7, 11) is 1.32. The second kappa shape index (κ2) is 9.65. The van der Waals surface area contributed by atoms with Crippen LogP contribution in [0.2, 0.25) is 10.0 Å². The molecule has 0 aliphatic carbocycles. The standard InChI is InChI=1S/C23H20Cl2N2O5/c1-30-23(29)17-13-15(3-5-19(17)27-8-10-31-11-9-27)26-22(28)21-7-6-20(32-21)16-12-14(24)2-4-18(16)25/h2-7,12-13H,8-11H2,1H3,(H,26,28). The van der Waals surface area contributed by atoms with Gasteiger partial charge in [-0.05, 0) is 48.5 Å². The van der Waals surface area contributed by atoms with Gasteiger partial charge in [0.25, 0.3) is 5.91 Å². The third kappa shape index (κ3) is 4.75. The molecular weight excluding hydrogens is 455 g/mol. The number of amides is 1. The molecule has 0 spiro atoms. The van der Waals surface area contributed by atoms with E-state index >= 15 is 0 Å². The first-order valence-corrected chi connectivity index (χ1v) is 10.6. The third-order valence-corrected chi connectivity index (χ3v) is 5.60. The normalized spacial score (nSPS) is 13.7. The van der Waals surface area contributed by atoms with Crippen molar-refractivity contribution in [2.24, 2.45) is 0 Å². The van der Waals surface area contributed by atoms with E-state index in [1.54, 1.807) is 48.5 Å². The Morgan fingerprint density at radius 1 is 1.03 bits per heavy atom. The van der Waals surface area contributed by atoms with Crippen LogP contribution in [0.4, 0.5) is 11.4 Å². The molecule has 32 heavy (non-hydrogen) atoms. The lowest BCUT2D eigenvalue weighted by atomic mass is 10.1. The molecule has 1 fully saturated rings. The van der Waals surface area contributed by atoms with Crippen LogP contribution in [0.25, 0.3) is 11.3 Å². The van der Waals surface area contributed by atoms with Crippen molar-refractivity contribution >= 4 is 46.5 Å². The summed E-state index contributed by atoms with van der Waals surface area (Å²) in [5.41, 5.74) is 2.11. The Morgan fingerprint density at radius 2 is 1.81 bits per heavy atom. The second-order valence-corrected chi connectivity index (χ2v) is 7.91. The minimum atomic E-state index is -0.488. The van der Waals surface area contributed by atoms with Crippen molar-refractivity contribution in [2.45, 2.75) is 0 Å². The van der Waals surface area contributed by atoms with Gasteiger partial charge in [-0.2, -0.15) is 0 Å². The van der Waals surface area contributed by atoms with Gasteiger partial charge in [-0.25, -0.2) is 4.79 Å². The maximum Gasteiger partial charge on any atom is 0.340 e. The van der Waals surface area contributed by atoms with Crippen molar-refractivity contribution in [1.29, 1.82) is 0 Å². The van der Waals surface area contributed by atoms with E-state index < -0.39 is 11.9 Å². The Hall–Kier alpha value is -3.00. The molecule has 0 atom stereocenters. The summed E-state index contributed by atoms with van der Waals surface area (Å²) in [4.78, 5) is 27.2. The van der Waals surface area contributed by atoms with Crippen LogP contribution in [-0.2, 0) is 9.47 Å². The van der Waals surface area contributed by atoms with Crippen LogP contribution in [0.15, 0.2) is 52.9 Å². The summed E-state index contributed by atoms with van der Waals surface area (Å²) in [5.74, 6) is -0.448. The number of carbonyl (C=O) groups excluding carboxylic acids is 2. The maximum atomic E-state index is 12.7. The Bertz CT molecular complexity index is 1160. The number of nitrogens with zero attached hydrogens (tertiary/aromatic N) is 1. The summed E-state index contributed by atoms with van der Waals surface area (Å²) < 4.78 is 16.0. The number of methoxy groups -OCH3 is 1. The largest absolute Gasteiger partial charge is 0.465 e. The molecular formula is C23H20Cl2N2O5. The van der Waals surface area contributed by atoms with Crippen molar-refractivity contribution < 1.29 is 23.5 Å². The molecule has 9 heteroatoms. The number of benzene rings is 2. The molecule has 0 bridgehead atoms. The van der Waals surface area contributed by atoms with Crippen molar-refractivity contribution in [3.63, 3.8) is 0 Å². The molecule has 1 amide bonds. The van der Waals surface area contributed by atoms with Gasteiger partial charge in [-0.15, -0.1) is 0 Å². The van der Waals surface area contributed by atoms with E-state index in [1.165, 1.54) is 7.11 Å². The zero-order valence-electron chi connectivity index (χ0n) is 17.2. The van der Waals surface area contributed by atoms with Gasteiger partial charge in [0, 0.05) is 29.4 Å². The molecule has 0 radical (unpaired) electrons. The lowest BCUT2D eigenvalue weighted by molar-refractivity contribution is 0.0600. The number of morpholine rings is 1. The molecule has 1 aliphatic rings.